The van der Waals surface area contributed by atoms with Crippen LogP contribution >= 0.6 is 46.4 Å². The van der Waals surface area contributed by atoms with E-state index in [1.807, 2.05) is 12.1 Å². The Morgan fingerprint density at radius 2 is 1.68 bits per heavy atom. The van der Waals surface area contributed by atoms with Gasteiger partial charge in [0.2, 0.25) is 5.91 Å². The lowest BCUT2D eigenvalue weighted by Crippen LogP contribution is -2.44. The molecule has 3 rings (SSSR count). The summed E-state index contributed by atoms with van der Waals surface area (Å²) in [4.78, 5) is 26.2. The first-order valence-corrected chi connectivity index (χ1v) is 12.7. The van der Waals surface area contributed by atoms with Gasteiger partial charge in [-0.25, -0.2) is 4.79 Å². The van der Waals surface area contributed by atoms with E-state index in [1.54, 1.807) is 31.2 Å². The highest BCUT2D eigenvalue weighted by molar-refractivity contribution is 6.42. The van der Waals surface area contributed by atoms with Gasteiger partial charge >= 0.3 is 6.03 Å². The summed E-state index contributed by atoms with van der Waals surface area (Å²) in [5.41, 5.74) is 1.52. The number of hydrogen-bond acceptors (Lipinski definition) is 3. The first-order valence-electron chi connectivity index (χ1n) is 11.1. The lowest BCUT2D eigenvalue weighted by molar-refractivity contribution is -0.119. The molecule has 0 aliphatic carbocycles. The fourth-order valence-corrected chi connectivity index (χ4v) is 4.93. The molecule has 2 aromatic rings. The fraction of sp³-hybridized carbons (Fsp3) is 0.417. The number of anilines is 1. The van der Waals surface area contributed by atoms with Crippen molar-refractivity contribution in [3.05, 3.63) is 62.1 Å². The van der Waals surface area contributed by atoms with Gasteiger partial charge in [0.05, 0.1) is 10.0 Å². The second-order valence-electron chi connectivity index (χ2n) is 8.47. The largest absolute Gasteiger partial charge is 0.354 e. The third-order valence-corrected chi connectivity index (χ3v) is 7.01. The van der Waals surface area contributed by atoms with Crippen LogP contribution in [-0.4, -0.2) is 49.1 Å². The molecule has 34 heavy (non-hydrogen) atoms. The van der Waals surface area contributed by atoms with Crippen molar-refractivity contribution in [3.8, 4) is 0 Å². The Balaban J connectivity index is 1.59. The molecule has 10 heteroatoms. The van der Waals surface area contributed by atoms with Crippen LogP contribution < -0.4 is 16.0 Å². The number of likely N-dealkylation sites (tertiary alicyclic amines) is 1. The minimum atomic E-state index is -0.348. The van der Waals surface area contributed by atoms with E-state index >= 15 is 0 Å². The normalized spacial score (nSPS) is 15.6. The molecule has 184 valence electrons. The molecular weight excluding hydrogens is 518 g/mol. The average molecular weight is 546 g/mol. The zero-order valence-electron chi connectivity index (χ0n) is 18.8. The van der Waals surface area contributed by atoms with Gasteiger partial charge in [-0.15, -0.1) is 0 Å². The van der Waals surface area contributed by atoms with E-state index < -0.39 is 0 Å². The Bertz CT molecular complexity index is 992. The van der Waals surface area contributed by atoms with E-state index in [2.05, 4.69) is 20.9 Å². The fourth-order valence-electron chi connectivity index (χ4n) is 4.10. The molecule has 2 aromatic carbocycles. The van der Waals surface area contributed by atoms with Crippen molar-refractivity contribution in [2.24, 2.45) is 0 Å². The van der Waals surface area contributed by atoms with Gasteiger partial charge in [0.1, 0.15) is 0 Å². The number of carbonyl (C=O) groups excluding carboxylic acids is 2. The molecule has 1 saturated heterocycles. The molecule has 1 atom stereocenters. The molecule has 0 saturated carbocycles. The van der Waals surface area contributed by atoms with Crippen molar-refractivity contribution >= 4 is 64.0 Å². The maximum atomic E-state index is 12.5. The molecule has 1 heterocycles. The molecular formula is C24H28Cl4N4O2. The van der Waals surface area contributed by atoms with E-state index in [4.69, 9.17) is 46.4 Å². The predicted molar refractivity (Wildman–Crippen MR) is 141 cm³/mol. The summed E-state index contributed by atoms with van der Waals surface area (Å²) in [6.45, 7) is 4.68. The Labute approximate surface area is 220 Å². The quantitative estimate of drug-likeness (QED) is 0.370. The Kier molecular flexibility index (Phi) is 10.2. The summed E-state index contributed by atoms with van der Waals surface area (Å²) < 4.78 is 0. The molecule has 0 aromatic heterocycles. The van der Waals surface area contributed by atoms with Crippen LogP contribution in [-0.2, 0) is 4.79 Å². The third kappa shape index (κ3) is 8.51. The maximum absolute atomic E-state index is 12.5. The third-order valence-electron chi connectivity index (χ3n) is 5.83. The second-order valence-corrected chi connectivity index (χ2v) is 10.2. The van der Waals surface area contributed by atoms with E-state index in [9.17, 15) is 9.59 Å². The first-order chi connectivity index (χ1) is 16.2. The molecule has 3 amide bonds. The number of carbonyl (C=O) groups is 2. The number of nitrogens with one attached hydrogen (secondary N) is 3. The topological polar surface area (TPSA) is 73.5 Å². The number of piperidine rings is 1. The highest BCUT2D eigenvalue weighted by atomic mass is 35.5. The molecule has 1 aliphatic heterocycles. The smallest absolute Gasteiger partial charge is 0.319 e. The maximum Gasteiger partial charge on any atom is 0.319 e. The van der Waals surface area contributed by atoms with Crippen LogP contribution in [0.5, 0.6) is 0 Å². The Hall–Kier alpha value is -1.70. The second kappa shape index (κ2) is 12.8. The predicted octanol–water partition coefficient (Wildman–Crippen LogP) is 6.20. The van der Waals surface area contributed by atoms with Crippen LogP contribution in [0.2, 0.25) is 20.1 Å². The van der Waals surface area contributed by atoms with Crippen molar-refractivity contribution in [3.63, 3.8) is 0 Å². The first kappa shape index (κ1) is 26.9. The summed E-state index contributed by atoms with van der Waals surface area (Å²) in [6, 6.07) is 10.3. The van der Waals surface area contributed by atoms with Gasteiger partial charge in [0.15, 0.2) is 0 Å². The van der Waals surface area contributed by atoms with Gasteiger partial charge in [0, 0.05) is 54.3 Å². The van der Waals surface area contributed by atoms with Gasteiger partial charge < -0.3 is 20.9 Å². The van der Waals surface area contributed by atoms with Crippen molar-refractivity contribution < 1.29 is 9.59 Å². The van der Waals surface area contributed by atoms with Crippen molar-refractivity contribution in [1.82, 2.24) is 15.5 Å². The Morgan fingerprint density at radius 3 is 2.29 bits per heavy atom. The summed E-state index contributed by atoms with van der Waals surface area (Å²) in [5, 5.41) is 10.6. The van der Waals surface area contributed by atoms with Crippen LogP contribution in [0.15, 0.2) is 36.4 Å². The number of rotatable bonds is 8. The lowest BCUT2D eigenvalue weighted by atomic mass is 9.94. The summed E-state index contributed by atoms with van der Waals surface area (Å²) in [7, 11) is 0. The van der Waals surface area contributed by atoms with Crippen LogP contribution in [0.4, 0.5) is 10.5 Å². The standard InChI is InChI=1S/C24H28Cl4N4O2/c1-15(33)30-20-5-8-32(9-6-20)7-4-17(16-2-3-22(27)23(28)10-16)14-29-24(34)31-21-12-18(25)11-19(26)13-21/h2-3,10-13,17,20H,4-9,14H2,1H3,(H,30,33)(H2,29,31,34). The highest BCUT2D eigenvalue weighted by Crippen LogP contribution is 2.29. The van der Waals surface area contributed by atoms with Crippen molar-refractivity contribution in [1.29, 1.82) is 0 Å². The molecule has 1 fully saturated rings. The molecule has 3 N–H and O–H groups in total. The number of halogens is 4. The Morgan fingerprint density at radius 1 is 1.00 bits per heavy atom. The zero-order chi connectivity index (χ0) is 24.7. The number of benzene rings is 2. The van der Waals surface area contributed by atoms with E-state index in [0.717, 1.165) is 44.5 Å². The van der Waals surface area contributed by atoms with Gasteiger partial charge in [-0.2, -0.15) is 0 Å². The lowest BCUT2D eigenvalue weighted by Gasteiger charge is -2.33. The molecule has 0 bridgehead atoms. The van der Waals surface area contributed by atoms with E-state index in [1.165, 1.54) is 0 Å². The molecule has 6 nitrogen and oxygen atoms in total. The van der Waals surface area contributed by atoms with Crippen LogP contribution in [0.1, 0.15) is 37.7 Å². The molecule has 1 unspecified atom stereocenters. The SMILES string of the molecule is CC(=O)NC1CCN(CCC(CNC(=O)Nc2cc(Cl)cc(Cl)c2)c2ccc(Cl)c(Cl)c2)CC1. The number of hydrogen-bond donors (Lipinski definition) is 3. The summed E-state index contributed by atoms with van der Waals surface area (Å²) in [5.74, 6) is 0.0547. The monoisotopic (exact) mass is 544 g/mol. The zero-order valence-corrected chi connectivity index (χ0v) is 21.9. The van der Waals surface area contributed by atoms with Crippen LogP contribution in [0.3, 0.4) is 0 Å². The van der Waals surface area contributed by atoms with E-state index in [0.29, 0.717) is 32.3 Å². The number of nitrogens with zero attached hydrogens (tertiary/aromatic N) is 1. The van der Waals surface area contributed by atoms with Gasteiger partial charge in [0.25, 0.3) is 0 Å². The van der Waals surface area contributed by atoms with Gasteiger partial charge in [-0.1, -0.05) is 52.5 Å². The molecule has 0 radical (unpaired) electrons. The van der Waals surface area contributed by atoms with Crippen molar-refractivity contribution in [2.75, 3.05) is 31.5 Å². The van der Waals surface area contributed by atoms with Gasteiger partial charge in [-0.3, -0.25) is 4.79 Å². The molecule has 0 spiro atoms. The summed E-state index contributed by atoms with van der Waals surface area (Å²) >= 11 is 24.4. The minimum absolute atomic E-state index is 0.0162. The van der Waals surface area contributed by atoms with Gasteiger partial charge in [-0.05, 0) is 61.7 Å². The molecule has 1 aliphatic rings. The summed E-state index contributed by atoms with van der Waals surface area (Å²) in [6.07, 6.45) is 2.69. The minimum Gasteiger partial charge on any atom is -0.354 e. The van der Waals surface area contributed by atoms with Crippen LogP contribution in [0.25, 0.3) is 0 Å². The highest BCUT2D eigenvalue weighted by Gasteiger charge is 2.22. The van der Waals surface area contributed by atoms with Crippen molar-refractivity contribution in [2.45, 2.75) is 38.1 Å². The number of amides is 3. The number of urea groups is 1. The average Bonchev–Trinajstić information content (AvgIpc) is 2.76. The van der Waals surface area contributed by atoms with E-state index in [-0.39, 0.29) is 23.9 Å². The van der Waals surface area contributed by atoms with Crippen LogP contribution in [0, 0.1) is 0 Å².